The summed E-state index contributed by atoms with van der Waals surface area (Å²) < 4.78 is 13.1. The third kappa shape index (κ3) is 3.31. The lowest BCUT2D eigenvalue weighted by Crippen LogP contribution is -2.38. The number of piperidine rings is 1. The summed E-state index contributed by atoms with van der Waals surface area (Å²) >= 11 is 0. The van der Waals surface area contributed by atoms with Crippen molar-refractivity contribution in [2.75, 3.05) is 13.1 Å². The number of rotatable bonds is 3. The third-order valence-electron chi connectivity index (χ3n) is 3.66. The monoisotopic (exact) mass is 251 g/mol. The molecule has 1 aliphatic rings. The Morgan fingerprint density at radius 1 is 1.33 bits per heavy atom. The Bertz CT molecular complexity index is 406. The molecule has 1 aromatic carbocycles. The standard InChI is InChI=1S/C13H19BFNO2/c1-10-4-6-16(7-5-10)9-11-2-3-12(15)8-13(11)14(17)18/h2-3,8,10,17-18H,4-7,9H2,1H3. The molecule has 1 aromatic rings. The predicted octanol–water partition coefficient (Wildman–Crippen LogP) is 0.737. The largest absolute Gasteiger partial charge is 0.488 e. The molecular weight excluding hydrogens is 232 g/mol. The minimum atomic E-state index is -1.61. The van der Waals surface area contributed by atoms with Crippen LogP contribution in [0.5, 0.6) is 0 Å². The number of nitrogens with zero attached hydrogens (tertiary/aromatic N) is 1. The van der Waals surface area contributed by atoms with Crippen LogP contribution in [-0.2, 0) is 6.54 Å². The average molecular weight is 251 g/mol. The van der Waals surface area contributed by atoms with Crippen LogP contribution in [0.4, 0.5) is 4.39 Å². The first-order valence-electron chi connectivity index (χ1n) is 6.43. The summed E-state index contributed by atoms with van der Waals surface area (Å²) in [5.41, 5.74) is 1.06. The van der Waals surface area contributed by atoms with E-state index < -0.39 is 12.9 Å². The Hall–Kier alpha value is -0.905. The lowest BCUT2D eigenvalue weighted by molar-refractivity contribution is 0.185. The quantitative estimate of drug-likeness (QED) is 0.778. The molecule has 1 heterocycles. The molecule has 18 heavy (non-hydrogen) atoms. The van der Waals surface area contributed by atoms with Gasteiger partial charge in [-0.15, -0.1) is 0 Å². The fourth-order valence-electron chi connectivity index (χ4n) is 2.41. The Labute approximate surface area is 107 Å². The summed E-state index contributed by atoms with van der Waals surface area (Å²) in [5, 5.41) is 18.5. The second-order valence-electron chi connectivity index (χ2n) is 5.18. The van der Waals surface area contributed by atoms with Crippen LogP contribution in [0.2, 0.25) is 0 Å². The van der Waals surface area contributed by atoms with Gasteiger partial charge in [-0.3, -0.25) is 4.90 Å². The Kier molecular flexibility index (Phi) is 4.38. The highest BCUT2D eigenvalue weighted by atomic mass is 19.1. The second kappa shape index (κ2) is 5.82. The van der Waals surface area contributed by atoms with Gasteiger partial charge >= 0.3 is 7.12 Å². The van der Waals surface area contributed by atoms with Crippen molar-refractivity contribution in [3.8, 4) is 0 Å². The van der Waals surface area contributed by atoms with E-state index in [0.29, 0.717) is 6.54 Å². The normalized spacial score (nSPS) is 18.0. The first-order chi connectivity index (χ1) is 8.56. The van der Waals surface area contributed by atoms with Gasteiger partial charge in [-0.25, -0.2) is 4.39 Å². The Balaban J connectivity index is 2.09. The van der Waals surface area contributed by atoms with Crippen molar-refractivity contribution >= 4 is 12.6 Å². The van der Waals surface area contributed by atoms with Crippen LogP contribution in [0.15, 0.2) is 18.2 Å². The van der Waals surface area contributed by atoms with Gasteiger partial charge in [-0.05, 0) is 55.0 Å². The maximum Gasteiger partial charge on any atom is 0.488 e. The van der Waals surface area contributed by atoms with Crippen molar-refractivity contribution in [1.29, 1.82) is 0 Å². The van der Waals surface area contributed by atoms with Crippen LogP contribution in [0.1, 0.15) is 25.3 Å². The molecule has 0 radical (unpaired) electrons. The van der Waals surface area contributed by atoms with Gasteiger partial charge in [0, 0.05) is 6.54 Å². The summed E-state index contributed by atoms with van der Waals surface area (Å²) in [6, 6.07) is 4.21. The topological polar surface area (TPSA) is 43.7 Å². The first kappa shape index (κ1) is 13.5. The molecule has 5 heteroatoms. The SMILES string of the molecule is CC1CCN(Cc2ccc(F)cc2B(O)O)CC1. The Morgan fingerprint density at radius 2 is 2.00 bits per heavy atom. The molecule has 3 nitrogen and oxygen atoms in total. The molecule has 2 rings (SSSR count). The van der Waals surface area contributed by atoms with Crippen LogP contribution in [0.25, 0.3) is 0 Å². The summed E-state index contributed by atoms with van der Waals surface area (Å²) in [7, 11) is -1.61. The van der Waals surface area contributed by atoms with Crippen LogP contribution < -0.4 is 5.46 Å². The van der Waals surface area contributed by atoms with Gasteiger partial charge in [-0.1, -0.05) is 13.0 Å². The fourth-order valence-corrected chi connectivity index (χ4v) is 2.41. The summed E-state index contributed by atoms with van der Waals surface area (Å²) in [6.45, 7) is 4.93. The number of hydrogen-bond donors (Lipinski definition) is 2. The van der Waals surface area contributed by atoms with Gasteiger partial charge in [0.05, 0.1) is 0 Å². The average Bonchev–Trinajstić information content (AvgIpc) is 2.34. The van der Waals surface area contributed by atoms with Crippen molar-refractivity contribution < 1.29 is 14.4 Å². The van der Waals surface area contributed by atoms with Crippen molar-refractivity contribution in [2.24, 2.45) is 5.92 Å². The third-order valence-corrected chi connectivity index (χ3v) is 3.66. The molecule has 0 saturated carbocycles. The Morgan fingerprint density at radius 3 is 2.61 bits per heavy atom. The van der Waals surface area contributed by atoms with Gasteiger partial charge in [0.25, 0.3) is 0 Å². The maximum absolute atomic E-state index is 13.1. The molecule has 0 aliphatic carbocycles. The second-order valence-corrected chi connectivity index (χ2v) is 5.18. The van der Waals surface area contributed by atoms with Crippen molar-refractivity contribution in [2.45, 2.75) is 26.3 Å². The predicted molar refractivity (Wildman–Crippen MR) is 69.9 cm³/mol. The summed E-state index contributed by atoms with van der Waals surface area (Å²) in [5.74, 6) is 0.325. The molecule has 98 valence electrons. The molecule has 1 aliphatic heterocycles. The van der Waals surface area contributed by atoms with Crippen molar-refractivity contribution in [3.63, 3.8) is 0 Å². The smallest absolute Gasteiger partial charge is 0.423 e. The summed E-state index contributed by atoms with van der Waals surface area (Å²) in [6.07, 6.45) is 2.33. The van der Waals surface area contributed by atoms with E-state index in [1.807, 2.05) is 0 Å². The van der Waals surface area contributed by atoms with E-state index in [1.54, 1.807) is 6.07 Å². The minimum absolute atomic E-state index is 0.272. The van der Waals surface area contributed by atoms with Gasteiger partial charge in [-0.2, -0.15) is 0 Å². The molecule has 0 aromatic heterocycles. The molecule has 2 N–H and O–H groups in total. The molecule has 0 bridgehead atoms. The van der Waals surface area contributed by atoms with E-state index >= 15 is 0 Å². The van der Waals surface area contributed by atoms with E-state index in [2.05, 4.69) is 11.8 Å². The molecule has 0 spiro atoms. The fraction of sp³-hybridized carbons (Fsp3) is 0.538. The lowest BCUT2D eigenvalue weighted by atomic mass is 9.76. The van der Waals surface area contributed by atoms with Gasteiger partial charge < -0.3 is 10.0 Å². The lowest BCUT2D eigenvalue weighted by Gasteiger charge is -2.30. The van der Waals surface area contributed by atoms with Crippen molar-refractivity contribution in [1.82, 2.24) is 4.90 Å². The molecular formula is C13H19BFNO2. The molecule has 0 unspecified atom stereocenters. The van der Waals surface area contributed by atoms with Gasteiger partial charge in [0.1, 0.15) is 5.82 Å². The number of benzene rings is 1. The van der Waals surface area contributed by atoms with E-state index in [-0.39, 0.29) is 5.46 Å². The van der Waals surface area contributed by atoms with E-state index in [9.17, 15) is 14.4 Å². The molecule has 1 saturated heterocycles. The minimum Gasteiger partial charge on any atom is -0.423 e. The number of hydrogen-bond acceptors (Lipinski definition) is 3. The van der Waals surface area contributed by atoms with Gasteiger partial charge in [0.15, 0.2) is 0 Å². The highest BCUT2D eigenvalue weighted by Gasteiger charge is 2.20. The highest BCUT2D eigenvalue weighted by Crippen LogP contribution is 2.17. The maximum atomic E-state index is 13.1. The van der Waals surface area contributed by atoms with E-state index in [1.165, 1.54) is 12.1 Å². The van der Waals surface area contributed by atoms with Crippen LogP contribution >= 0.6 is 0 Å². The van der Waals surface area contributed by atoms with E-state index in [0.717, 1.165) is 37.4 Å². The van der Waals surface area contributed by atoms with Crippen LogP contribution in [-0.4, -0.2) is 35.2 Å². The zero-order valence-electron chi connectivity index (χ0n) is 10.6. The molecule has 0 amide bonds. The van der Waals surface area contributed by atoms with Crippen LogP contribution in [0.3, 0.4) is 0 Å². The zero-order chi connectivity index (χ0) is 13.1. The summed E-state index contributed by atoms with van der Waals surface area (Å²) in [4.78, 5) is 2.28. The highest BCUT2D eigenvalue weighted by molar-refractivity contribution is 6.59. The van der Waals surface area contributed by atoms with Crippen LogP contribution in [0, 0.1) is 11.7 Å². The van der Waals surface area contributed by atoms with Gasteiger partial charge in [0.2, 0.25) is 0 Å². The number of likely N-dealkylation sites (tertiary alicyclic amines) is 1. The first-order valence-corrected chi connectivity index (χ1v) is 6.43. The molecule has 0 atom stereocenters. The number of halogens is 1. The zero-order valence-corrected chi connectivity index (χ0v) is 10.6. The van der Waals surface area contributed by atoms with Crippen molar-refractivity contribution in [3.05, 3.63) is 29.6 Å². The molecule has 1 fully saturated rings. The van der Waals surface area contributed by atoms with E-state index in [4.69, 9.17) is 0 Å².